The van der Waals surface area contributed by atoms with Gasteiger partial charge in [0.25, 0.3) is 0 Å². The molecule has 8 heteroatoms. The Kier molecular flexibility index (Phi) is 7.08. The first-order chi connectivity index (χ1) is 12.4. The van der Waals surface area contributed by atoms with E-state index in [4.69, 9.17) is 0 Å². The molecule has 1 N–H and O–H groups in total. The molecule has 0 aliphatic rings. The minimum absolute atomic E-state index is 0.230. The molecule has 0 saturated carbocycles. The summed E-state index contributed by atoms with van der Waals surface area (Å²) in [6.07, 6.45) is -4.68. The summed E-state index contributed by atoms with van der Waals surface area (Å²) in [6.45, 7) is 0.318. The summed E-state index contributed by atoms with van der Waals surface area (Å²) < 4.78 is 36.8. The van der Waals surface area contributed by atoms with Crippen molar-refractivity contribution in [3.63, 3.8) is 0 Å². The monoisotopic (exact) mass is 382 g/mol. The van der Waals surface area contributed by atoms with E-state index in [0.717, 1.165) is 16.7 Å². The number of rotatable bonds is 8. The van der Waals surface area contributed by atoms with Crippen LogP contribution in [0.2, 0.25) is 0 Å². The Hall–Kier alpha value is -2.48. The van der Waals surface area contributed by atoms with E-state index in [9.17, 15) is 22.8 Å². The Morgan fingerprint density at radius 3 is 2.50 bits per heavy atom. The molecule has 2 rings (SSSR count). The molecule has 0 aliphatic carbocycles. The number of benzene rings is 1. The van der Waals surface area contributed by atoms with E-state index in [2.05, 4.69) is 10.3 Å². The lowest BCUT2D eigenvalue weighted by atomic mass is 10.1. The molecule has 0 bridgehead atoms. The maximum Gasteiger partial charge on any atom is 0.450 e. The van der Waals surface area contributed by atoms with E-state index < -0.39 is 30.3 Å². The second kappa shape index (κ2) is 9.28. The molecule has 0 unspecified atom stereocenters. The maximum absolute atomic E-state index is 12.4. The smallest absolute Gasteiger partial charge is 0.349 e. The van der Waals surface area contributed by atoms with Crippen LogP contribution in [0, 0.1) is 0 Å². The van der Waals surface area contributed by atoms with E-state index in [1.165, 1.54) is 11.3 Å². The number of thiophene rings is 1. The summed E-state index contributed by atoms with van der Waals surface area (Å²) in [6, 6.07) is 11.8. The van der Waals surface area contributed by atoms with Crippen LogP contribution in [0.3, 0.4) is 0 Å². The van der Waals surface area contributed by atoms with E-state index in [1.807, 2.05) is 23.6 Å². The van der Waals surface area contributed by atoms with E-state index in [1.54, 1.807) is 24.3 Å². The first kappa shape index (κ1) is 19.8. The highest BCUT2D eigenvalue weighted by Crippen LogP contribution is 2.17. The van der Waals surface area contributed by atoms with Gasteiger partial charge in [-0.05, 0) is 17.0 Å². The molecule has 1 amide bonds. The minimum Gasteiger partial charge on any atom is -0.349 e. The van der Waals surface area contributed by atoms with Gasteiger partial charge in [-0.1, -0.05) is 36.4 Å². The predicted molar refractivity (Wildman–Crippen MR) is 94.3 cm³/mol. The van der Waals surface area contributed by atoms with E-state index >= 15 is 0 Å². The van der Waals surface area contributed by atoms with Crippen LogP contribution in [0.15, 0.2) is 52.8 Å². The van der Waals surface area contributed by atoms with Crippen molar-refractivity contribution in [1.29, 1.82) is 0 Å². The van der Waals surface area contributed by atoms with Crippen LogP contribution >= 0.6 is 11.3 Å². The highest BCUT2D eigenvalue weighted by molar-refractivity contribution is 7.09. The third kappa shape index (κ3) is 6.44. The summed E-state index contributed by atoms with van der Waals surface area (Å²) in [5.41, 5.74) is 0.822. The summed E-state index contributed by atoms with van der Waals surface area (Å²) >= 11 is 1.48. The number of aliphatic imine (C=N–C) groups is 1. The first-order valence-electron chi connectivity index (χ1n) is 7.82. The normalized spacial score (nSPS) is 12.9. The molecule has 1 heterocycles. The predicted octanol–water partition coefficient (Wildman–Crippen LogP) is 3.57. The number of Topliss-reactive ketones (excluding diaryl/α,β-unsaturated/α-hetero) is 1. The van der Waals surface area contributed by atoms with Gasteiger partial charge in [-0.15, -0.1) is 11.3 Å². The number of amides is 1. The number of nitrogens with zero attached hydrogens (tertiary/aromatic N) is 1. The summed E-state index contributed by atoms with van der Waals surface area (Å²) in [5, 5.41) is 4.60. The van der Waals surface area contributed by atoms with Gasteiger partial charge in [-0.2, -0.15) is 13.2 Å². The number of alkyl halides is 3. The molecule has 1 atom stereocenters. The largest absolute Gasteiger partial charge is 0.450 e. The second-order valence-corrected chi connectivity index (χ2v) is 6.49. The third-order valence-corrected chi connectivity index (χ3v) is 4.35. The molecule has 1 aromatic carbocycles. The fourth-order valence-electron chi connectivity index (χ4n) is 2.13. The summed E-state index contributed by atoms with van der Waals surface area (Å²) in [4.78, 5) is 28.2. The van der Waals surface area contributed by atoms with Crippen LogP contribution in [-0.2, 0) is 22.6 Å². The summed E-state index contributed by atoms with van der Waals surface area (Å²) in [5.74, 6) is -2.29. The Balaban J connectivity index is 2.02. The molecular weight excluding hydrogens is 365 g/mol. The fourth-order valence-corrected chi connectivity index (χ4v) is 2.78. The zero-order chi connectivity index (χ0) is 19.0. The quantitative estimate of drug-likeness (QED) is 0.710. The Labute approximate surface area is 152 Å². The van der Waals surface area contributed by atoms with Crippen molar-refractivity contribution in [1.82, 2.24) is 5.32 Å². The number of nitrogens with one attached hydrogen (secondary N) is 1. The number of carbonyl (C=O) groups is 2. The van der Waals surface area contributed by atoms with E-state index in [-0.39, 0.29) is 6.42 Å². The number of carbonyl (C=O) groups excluding carboxylic acids is 2. The van der Waals surface area contributed by atoms with Gasteiger partial charge in [0.15, 0.2) is 0 Å². The number of hydrogen-bond donors (Lipinski definition) is 1. The number of hydrogen-bond acceptors (Lipinski definition) is 4. The average Bonchev–Trinajstić information content (AvgIpc) is 3.12. The number of halogens is 3. The van der Waals surface area contributed by atoms with Gasteiger partial charge >= 0.3 is 6.18 Å². The molecule has 0 radical (unpaired) electrons. The first-order valence-corrected chi connectivity index (χ1v) is 8.70. The molecule has 0 aliphatic heterocycles. The highest BCUT2D eigenvalue weighted by Gasteiger charge is 2.37. The van der Waals surface area contributed by atoms with Gasteiger partial charge in [0.1, 0.15) is 6.04 Å². The van der Waals surface area contributed by atoms with Crippen molar-refractivity contribution in [3.05, 3.63) is 58.3 Å². The van der Waals surface area contributed by atoms with Gasteiger partial charge in [-0.3, -0.25) is 14.6 Å². The lowest BCUT2D eigenvalue weighted by Crippen LogP contribution is -2.34. The third-order valence-electron chi connectivity index (χ3n) is 3.47. The fraction of sp³-hybridized carbons (Fsp3) is 0.278. The molecule has 4 nitrogen and oxygen atoms in total. The van der Waals surface area contributed by atoms with Gasteiger partial charge in [0, 0.05) is 17.5 Å². The minimum atomic E-state index is -4.90. The Morgan fingerprint density at radius 1 is 1.15 bits per heavy atom. The standard InChI is InChI=1S/C18H17F3N2O2S/c19-18(20,21)16(24)8-9-22-15(11-13-5-2-1-3-6-13)17(25)23-12-14-7-4-10-26-14/h1-7,9-10,15H,8,11-12H2,(H,23,25)/t15-/m0/s1. The molecule has 0 fully saturated rings. The van der Waals surface area contributed by atoms with Crippen molar-refractivity contribution in [3.8, 4) is 0 Å². The van der Waals surface area contributed by atoms with Crippen molar-refractivity contribution >= 4 is 29.2 Å². The van der Waals surface area contributed by atoms with Crippen molar-refractivity contribution < 1.29 is 22.8 Å². The van der Waals surface area contributed by atoms with Crippen LogP contribution < -0.4 is 5.32 Å². The second-order valence-electron chi connectivity index (χ2n) is 5.46. The highest BCUT2D eigenvalue weighted by atomic mass is 32.1. The average molecular weight is 382 g/mol. The van der Waals surface area contributed by atoms with Crippen LogP contribution in [0.1, 0.15) is 16.9 Å². The topological polar surface area (TPSA) is 58.5 Å². The zero-order valence-electron chi connectivity index (χ0n) is 13.7. The molecule has 0 spiro atoms. The van der Waals surface area contributed by atoms with Gasteiger partial charge in [0.05, 0.1) is 13.0 Å². The molecule has 138 valence electrons. The van der Waals surface area contributed by atoms with Crippen molar-refractivity contribution in [2.75, 3.05) is 0 Å². The molecule has 1 aromatic heterocycles. The van der Waals surface area contributed by atoms with Crippen molar-refractivity contribution in [2.24, 2.45) is 4.99 Å². The van der Waals surface area contributed by atoms with Crippen molar-refractivity contribution in [2.45, 2.75) is 31.6 Å². The van der Waals surface area contributed by atoms with Crippen LogP contribution in [0.4, 0.5) is 13.2 Å². The lowest BCUT2D eigenvalue weighted by molar-refractivity contribution is -0.169. The molecule has 2 aromatic rings. The Morgan fingerprint density at radius 2 is 1.88 bits per heavy atom. The summed E-state index contributed by atoms with van der Waals surface area (Å²) in [7, 11) is 0. The van der Waals surface area contributed by atoms with Gasteiger partial charge in [0.2, 0.25) is 11.7 Å². The van der Waals surface area contributed by atoms with E-state index in [0.29, 0.717) is 6.54 Å². The van der Waals surface area contributed by atoms with Gasteiger partial charge < -0.3 is 5.32 Å². The van der Waals surface area contributed by atoms with Gasteiger partial charge in [-0.25, -0.2) is 0 Å². The Bertz CT molecular complexity index is 744. The zero-order valence-corrected chi connectivity index (χ0v) is 14.5. The molecule has 0 saturated heterocycles. The van der Waals surface area contributed by atoms with Crippen LogP contribution in [-0.4, -0.2) is 30.1 Å². The maximum atomic E-state index is 12.4. The lowest BCUT2D eigenvalue weighted by Gasteiger charge is -2.13. The van der Waals surface area contributed by atoms with Crippen LogP contribution in [0.5, 0.6) is 0 Å². The SMILES string of the molecule is O=C(NCc1cccs1)[C@H](Cc1ccccc1)N=CCC(=O)C(F)(F)F. The molecule has 26 heavy (non-hydrogen) atoms. The molecular formula is C18H17F3N2O2S. The number of ketones is 1. The van der Waals surface area contributed by atoms with Crippen LogP contribution in [0.25, 0.3) is 0 Å².